The lowest BCUT2D eigenvalue weighted by atomic mass is 10.1. The Kier molecular flexibility index (Phi) is 4.14. The van der Waals surface area contributed by atoms with Crippen molar-refractivity contribution in [2.75, 3.05) is 31.7 Å². The molecule has 10 heteroatoms. The Hall–Kier alpha value is -2.43. The first-order valence-corrected chi connectivity index (χ1v) is 10.6. The van der Waals surface area contributed by atoms with Crippen LogP contribution in [0.25, 0.3) is 0 Å². The zero-order chi connectivity index (χ0) is 19.3. The van der Waals surface area contributed by atoms with Crippen molar-refractivity contribution < 1.29 is 27.1 Å². The maximum atomic E-state index is 13.1. The van der Waals surface area contributed by atoms with Crippen LogP contribution in [0.15, 0.2) is 27.5 Å². The predicted molar refractivity (Wildman–Crippen MR) is 96.5 cm³/mol. The molecule has 3 aliphatic heterocycles. The van der Waals surface area contributed by atoms with Crippen molar-refractivity contribution >= 4 is 21.6 Å². The van der Waals surface area contributed by atoms with Crippen molar-refractivity contribution in [1.82, 2.24) is 9.29 Å². The van der Waals surface area contributed by atoms with Crippen LogP contribution in [0.2, 0.25) is 0 Å². The molecule has 0 spiro atoms. The maximum absolute atomic E-state index is 13.1. The number of fused-ring (bicyclic) bond motifs is 2. The number of amides is 1. The average molecular weight is 405 g/mol. The number of hydrogen-bond donors (Lipinski definition) is 1. The van der Waals surface area contributed by atoms with Crippen molar-refractivity contribution in [1.29, 1.82) is 0 Å². The minimum atomic E-state index is -3.75. The number of carbonyl (C=O) groups is 1. The summed E-state index contributed by atoms with van der Waals surface area (Å²) in [6.45, 7) is 1.68. The number of sulfonamides is 1. The number of hydrogen-bond acceptors (Lipinski definition) is 7. The second-order valence-corrected chi connectivity index (χ2v) is 9.00. The predicted octanol–water partition coefficient (Wildman–Crippen LogP) is 1.26. The number of rotatable bonds is 3. The van der Waals surface area contributed by atoms with E-state index in [1.165, 1.54) is 16.4 Å². The number of aromatic nitrogens is 1. The summed E-state index contributed by atoms with van der Waals surface area (Å²) >= 11 is 0. The lowest BCUT2D eigenvalue weighted by Crippen LogP contribution is -2.36. The molecule has 1 N–H and O–H groups in total. The molecule has 1 unspecified atom stereocenters. The van der Waals surface area contributed by atoms with Gasteiger partial charge in [-0.15, -0.1) is 0 Å². The molecule has 1 atom stereocenters. The van der Waals surface area contributed by atoms with E-state index in [9.17, 15) is 13.2 Å². The standard InChI is InChI=1S/C18H19N3O6S/c22-17-10-26-15-2-1-12(7-13(15)19-17)28(23,24)21-5-3-16-14(8-21)20-18(27-16)11-4-6-25-9-11/h1-2,7,11H,3-6,8-10H2,(H,19,22). The fourth-order valence-electron chi connectivity index (χ4n) is 3.68. The van der Waals surface area contributed by atoms with Gasteiger partial charge in [0.05, 0.1) is 35.3 Å². The number of oxazole rings is 1. The van der Waals surface area contributed by atoms with Crippen LogP contribution in [0, 0.1) is 0 Å². The first-order chi connectivity index (χ1) is 13.5. The molecule has 1 saturated heterocycles. The fourth-order valence-corrected chi connectivity index (χ4v) is 5.10. The summed E-state index contributed by atoms with van der Waals surface area (Å²) in [6.07, 6.45) is 1.34. The first kappa shape index (κ1) is 17.7. The van der Waals surface area contributed by atoms with E-state index in [1.807, 2.05) is 0 Å². The Labute approximate surface area is 161 Å². The highest BCUT2D eigenvalue weighted by molar-refractivity contribution is 7.89. The number of nitrogens with zero attached hydrogens (tertiary/aromatic N) is 2. The molecular formula is C18H19N3O6S. The number of anilines is 1. The molecule has 5 rings (SSSR count). The molecule has 0 saturated carbocycles. The summed E-state index contributed by atoms with van der Waals surface area (Å²) in [5.74, 6) is 1.67. The van der Waals surface area contributed by atoms with Gasteiger partial charge in [-0.05, 0) is 24.6 Å². The van der Waals surface area contributed by atoms with Crippen LogP contribution in [-0.4, -0.2) is 50.0 Å². The van der Waals surface area contributed by atoms with Crippen LogP contribution in [0.1, 0.15) is 29.7 Å². The third-order valence-corrected chi connectivity index (χ3v) is 7.05. The molecule has 1 aromatic heterocycles. The van der Waals surface area contributed by atoms with Gasteiger partial charge in [0.2, 0.25) is 10.0 Å². The number of nitrogens with one attached hydrogen (secondary N) is 1. The molecule has 1 fully saturated rings. The molecule has 4 heterocycles. The molecule has 3 aliphatic rings. The number of carbonyl (C=O) groups excluding carboxylic acids is 1. The van der Waals surface area contributed by atoms with Crippen LogP contribution in [0.5, 0.6) is 5.75 Å². The van der Waals surface area contributed by atoms with Crippen LogP contribution in [0.3, 0.4) is 0 Å². The van der Waals surface area contributed by atoms with E-state index in [-0.39, 0.29) is 29.9 Å². The van der Waals surface area contributed by atoms with Crippen LogP contribution >= 0.6 is 0 Å². The topological polar surface area (TPSA) is 111 Å². The van der Waals surface area contributed by atoms with Crippen LogP contribution in [-0.2, 0) is 32.5 Å². The molecule has 9 nitrogen and oxygen atoms in total. The van der Waals surface area contributed by atoms with Crippen molar-refractivity contribution in [3.05, 3.63) is 35.5 Å². The second-order valence-electron chi connectivity index (χ2n) is 7.07. The molecule has 148 valence electrons. The summed E-state index contributed by atoms with van der Waals surface area (Å²) in [7, 11) is -3.75. The normalized spacial score (nSPS) is 22.3. The van der Waals surface area contributed by atoms with E-state index >= 15 is 0 Å². The van der Waals surface area contributed by atoms with Crippen molar-refractivity contribution in [2.45, 2.75) is 30.2 Å². The van der Waals surface area contributed by atoms with Gasteiger partial charge in [0, 0.05) is 19.6 Å². The van der Waals surface area contributed by atoms with Gasteiger partial charge in [0.15, 0.2) is 12.5 Å². The Morgan fingerprint density at radius 2 is 2.18 bits per heavy atom. The lowest BCUT2D eigenvalue weighted by molar-refractivity contribution is -0.118. The van der Waals surface area contributed by atoms with E-state index in [0.29, 0.717) is 49.2 Å². The van der Waals surface area contributed by atoms with Crippen molar-refractivity contribution in [3.63, 3.8) is 0 Å². The highest BCUT2D eigenvalue weighted by Crippen LogP contribution is 2.34. The molecule has 1 amide bonds. The van der Waals surface area contributed by atoms with Gasteiger partial charge >= 0.3 is 0 Å². The third-order valence-electron chi connectivity index (χ3n) is 5.21. The van der Waals surface area contributed by atoms with Crippen LogP contribution < -0.4 is 10.1 Å². The van der Waals surface area contributed by atoms with Gasteiger partial charge in [-0.1, -0.05) is 0 Å². The molecule has 0 bridgehead atoms. The summed E-state index contributed by atoms with van der Waals surface area (Å²) in [5.41, 5.74) is 1.02. The summed E-state index contributed by atoms with van der Waals surface area (Å²) in [5, 5.41) is 2.64. The fraction of sp³-hybridized carbons (Fsp3) is 0.444. The quantitative estimate of drug-likeness (QED) is 0.818. The molecule has 2 aromatic rings. The minimum absolute atomic E-state index is 0.0749. The van der Waals surface area contributed by atoms with Gasteiger partial charge in [0.1, 0.15) is 11.5 Å². The zero-order valence-corrected chi connectivity index (χ0v) is 15.8. The van der Waals surface area contributed by atoms with Gasteiger partial charge in [0.25, 0.3) is 5.91 Å². The van der Waals surface area contributed by atoms with E-state index in [0.717, 1.165) is 12.2 Å². The van der Waals surface area contributed by atoms with Crippen molar-refractivity contribution in [3.8, 4) is 5.75 Å². The van der Waals surface area contributed by atoms with Crippen LogP contribution in [0.4, 0.5) is 5.69 Å². The third kappa shape index (κ3) is 2.97. The van der Waals surface area contributed by atoms with Gasteiger partial charge < -0.3 is 19.2 Å². The SMILES string of the molecule is O=C1COc2ccc(S(=O)(=O)N3CCc4oc(C5CCOC5)nc4C3)cc2N1. The maximum Gasteiger partial charge on any atom is 0.262 e. The summed E-state index contributed by atoms with van der Waals surface area (Å²) in [6, 6.07) is 4.48. The average Bonchev–Trinajstić information content (AvgIpc) is 3.36. The molecule has 0 aliphatic carbocycles. The minimum Gasteiger partial charge on any atom is -0.482 e. The summed E-state index contributed by atoms with van der Waals surface area (Å²) in [4.78, 5) is 16.2. The van der Waals surface area contributed by atoms with E-state index in [2.05, 4.69) is 10.3 Å². The number of ether oxygens (including phenoxy) is 2. The summed E-state index contributed by atoms with van der Waals surface area (Å²) < 4.78 is 44.2. The largest absolute Gasteiger partial charge is 0.482 e. The first-order valence-electron chi connectivity index (χ1n) is 9.14. The Balaban J connectivity index is 1.40. The molecule has 0 radical (unpaired) electrons. The van der Waals surface area contributed by atoms with Crippen molar-refractivity contribution in [2.24, 2.45) is 0 Å². The van der Waals surface area contributed by atoms with Gasteiger partial charge in [-0.3, -0.25) is 4.79 Å². The highest BCUT2D eigenvalue weighted by atomic mass is 32.2. The highest BCUT2D eigenvalue weighted by Gasteiger charge is 2.34. The monoisotopic (exact) mass is 405 g/mol. The second kappa shape index (κ2) is 6.57. The van der Waals surface area contributed by atoms with E-state index < -0.39 is 10.0 Å². The number of benzene rings is 1. The molecule has 28 heavy (non-hydrogen) atoms. The Morgan fingerprint density at radius 3 is 3.00 bits per heavy atom. The Morgan fingerprint density at radius 1 is 1.29 bits per heavy atom. The van der Waals surface area contributed by atoms with E-state index in [1.54, 1.807) is 6.07 Å². The Bertz CT molecular complexity index is 1040. The molecule has 1 aromatic carbocycles. The lowest BCUT2D eigenvalue weighted by Gasteiger charge is -2.25. The zero-order valence-electron chi connectivity index (χ0n) is 15.0. The van der Waals surface area contributed by atoms with Gasteiger partial charge in [-0.25, -0.2) is 13.4 Å². The smallest absolute Gasteiger partial charge is 0.262 e. The van der Waals surface area contributed by atoms with Gasteiger partial charge in [-0.2, -0.15) is 4.31 Å². The van der Waals surface area contributed by atoms with E-state index in [4.69, 9.17) is 13.9 Å². The molecular weight excluding hydrogens is 386 g/mol.